The van der Waals surface area contributed by atoms with Crippen LogP contribution < -0.4 is 5.32 Å². The summed E-state index contributed by atoms with van der Waals surface area (Å²) in [5.74, 6) is -2.55. The van der Waals surface area contributed by atoms with E-state index in [0.717, 1.165) is 5.56 Å². The van der Waals surface area contributed by atoms with Crippen LogP contribution in [0.15, 0.2) is 30.3 Å². The second-order valence-electron chi connectivity index (χ2n) is 5.38. The van der Waals surface area contributed by atoms with Gasteiger partial charge >= 0.3 is 18.1 Å². The zero-order valence-corrected chi connectivity index (χ0v) is 12.5. The highest BCUT2D eigenvalue weighted by atomic mass is 19.4. The summed E-state index contributed by atoms with van der Waals surface area (Å²) in [4.78, 5) is 25.1. The third-order valence-electron chi connectivity index (χ3n) is 3.49. The quantitative estimate of drug-likeness (QED) is 0.662. The van der Waals surface area contributed by atoms with Gasteiger partial charge < -0.3 is 15.0 Å². The lowest BCUT2D eigenvalue weighted by atomic mass is 10.0. The number of carbonyl (C=O) groups is 2. The fourth-order valence-corrected chi connectivity index (χ4v) is 2.43. The van der Waals surface area contributed by atoms with Gasteiger partial charge in [0.1, 0.15) is 0 Å². The van der Waals surface area contributed by atoms with E-state index in [1.807, 2.05) is 13.0 Å². The molecule has 0 aliphatic carbocycles. The first kappa shape index (κ1) is 17.3. The number of piperazine rings is 1. The molecule has 1 fully saturated rings. The van der Waals surface area contributed by atoms with Crippen molar-refractivity contribution in [3.63, 3.8) is 0 Å². The molecule has 1 saturated heterocycles. The lowest BCUT2D eigenvalue weighted by Crippen LogP contribution is -2.55. The SMILES string of the molecule is C[C@@H]1CN(C(=O)C(=O)OCC(F)(F)F)[C@@H](c2ccccc2)CN1. The Morgan fingerprint density at radius 2 is 1.96 bits per heavy atom. The van der Waals surface area contributed by atoms with Crippen molar-refractivity contribution in [3.05, 3.63) is 35.9 Å². The lowest BCUT2D eigenvalue weighted by Gasteiger charge is -2.39. The van der Waals surface area contributed by atoms with Crippen LogP contribution in [0.4, 0.5) is 13.2 Å². The molecule has 0 saturated carbocycles. The van der Waals surface area contributed by atoms with Crippen LogP contribution in [0.5, 0.6) is 0 Å². The number of esters is 1. The number of rotatable bonds is 2. The van der Waals surface area contributed by atoms with E-state index in [1.54, 1.807) is 24.3 Å². The third-order valence-corrected chi connectivity index (χ3v) is 3.49. The smallest absolute Gasteiger partial charge is 0.422 e. The number of halogens is 3. The molecule has 1 N–H and O–H groups in total. The maximum Gasteiger partial charge on any atom is 0.422 e. The minimum atomic E-state index is -4.66. The monoisotopic (exact) mass is 330 g/mol. The Kier molecular flexibility index (Phi) is 5.25. The normalized spacial score (nSPS) is 21.8. The molecule has 0 spiro atoms. The van der Waals surface area contributed by atoms with E-state index < -0.39 is 30.7 Å². The van der Waals surface area contributed by atoms with E-state index in [9.17, 15) is 22.8 Å². The van der Waals surface area contributed by atoms with Crippen LogP contribution >= 0.6 is 0 Å². The fourth-order valence-electron chi connectivity index (χ4n) is 2.43. The van der Waals surface area contributed by atoms with Gasteiger partial charge in [-0.1, -0.05) is 30.3 Å². The molecule has 0 bridgehead atoms. The van der Waals surface area contributed by atoms with Crippen LogP contribution in [-0.2, 0) is 14.3 Å². The molecule has 2 rings (SSSR count). The van der Waals surface area contributed by atoms with Crippen LogP contribution in [0.25, 0.3) is 0 Å². The first-order valence-corrected chi connectivity index (χ1v) is 7.11. The summed E-state index contributed by atoms with van der Waals surface area (Å²) < 4.78 is 40.4. The molecule has 0 aromatic heterocycles. The summed E-state index contributed by atoms with van der Waals surface area (Å²) in [6.07, 6.45) is -4.66. The van der Waals surface area contributed by atoms with E-state index in [0.29, 0.717) is 6.54 Å². The number of nitrogens with zero attached hydrogens (tertiary/aromatic N) is 1. The highest BCUT2D eigenvalue weighted by Gasteiger charge is 2.37. The largest absolute Gasteiger partial charge is 0.449 e. The van der Waals surface area contributed by atoms with Crippen LogP contribution in [0.1, 0.15) is 18.5 Å². The van der Waals surface area contributed by atoms with Gasteiger partial charge in [-0.2, -0.15) is 13.2 Å². The Hall–Kier alpha value is -2.09. The first-order chi connectivity index (χ1) is 10.8. The molecule has 8 heteroatoms. The summed E-state index contributed by atoms with van der Waals surface area (Å²) in [5.41, 5.74) is 0.795. The highest BCUT2D eigenvalue weighted by Crippen LogP contribution is 2.24. The average molecular weight is 330 g/mol. The minimum absolute atomic E-state index is 0.0747. The Morgan fingerprint density at radius 3 is 2.57 bits per heavy atom. The molecular weight excluding hydrogens is 313 g/mol. The second kappa shape index (κ2) is 6.99. The standard InChI is InChI=1S/C15H17F3N2O3/c1-10-8-20(13(21)14(22)23-9-15(16,17)18)12(7-19-10)11-5-3-2-4-6-11/h2-6,10,12,19H,7-9H2,1H3/t10-,12-/m1/s1. The first-order valence-electron chi connectivity index (χ1n) is 7.11. The van der Waals surface area contributed by atoms with Crippen molar-refractivity contribution < 1.29 is 27.5 Å². The fraction of sp³-hybridized carbons (Fsp3) is 0.467. The zero-order valence-electron chi connectivity index (χ0n) is 12.5. The molecule has 23 heavy (non-hydrogen) atoms. The summed E-state index contributed by atoms with van der Waals surface area (Å²) in [7, 11) is 0. The molecule has 1 heterocycles. The molecule has 1 aromatic carbocycles. The van der Waals surface area contributed by atoms with Gasteiger partial charge in [0.15, 0.2) is 6.61 Å². The van der Waals surface area contributed by atoms with Crippen LogP contribution in [0.2, 0.25) is 0 Å². The van der Waals surface area contributed by atoms with Gasteiger partial charge in [0.25, 0.3) is 0 Å². The Bertz CT molecular complexity index is 563. The summed E-state index contributed by atoms with van der Waals surface area (Å²) in [6, 6.07) is 8.47. The van der Waals surface area contributed by atoms with Crippen molar-refractivity contribution in [1.82, 2.24) is 10.2 Å². The van der Waals surface area contributed by atoms with Gasteiger partial charge in [-0.3, -0.25) is 4.79 Å². The molecule has 1 amide bonds. The van der Waals surface area contributed by atoms with Gasteiger partial charge in [-0.05, 0) is 12.5 Å². The number of hydrogen-bond donors (Lipinski definition) is 1. The Balaban J connectivity index is 2.12. The molecule has 126 valence electrons. The molecule has 0 radical (unpaired) electrons. The summed E-state index contributed by atoms with van der Waals surface area (Å²) >= 11 is 0. The predicted molar refractivity (Wildman–Crippen MR) is 75.4 cm³/mol. The Labute approximate surface area is 131 Å². The number of nitrogens with one attached hydrogen (secondary N) is 1. The van der Waals surface area contributed by atoms with Crippen molar-refractivity contribution >= 4 is 11.9 Å². The van der Waals surface area contributed by atoms with Gasteiger partial charge in [0.2, 0.25) is 0 Å². The van der Waals surface area contributed by atoms with Gasteiger partial charge in [0, 0.05) is 19.1 Å². The second-order valence-corrected chi connectivity index (χ2v) is 5.38. The molecule has 1 aromatic rings. The van der Waals surface area contributed by atoms with Crippen LogP contribution in [-0.4, -0.2) is 48.7 Å². The van der Waals surface area contributed by atoms with E-state index in [-0.39, 0.29) is 12.6 Å². The molecule has 0 unspecified atom stereocenters. The van der Waals surface area contributed by atoms with Crippen molar-refractivity contribution in [1.29, 1.82) is 0 Å². The van der Waals surface area contributed by atoms with Gasteiger partial charge in [-0.15, -0.1) is 0 Å². The summed E-state index contributed by atoms with van der Waals surface area (Å²) in [5, 5.41) is 3.18. The lowest BCUT2D eigenvalue weighted by molar-refractivity contribution is -0.190. The van der Waals surface area contributed by atoms with E-state index in [4.69, 9.17) is 0 Å². The van der Waals surface area contributed by atoms with E-state index in [2.05, 4.69) is 10.1 Å². The van der Waals surface area contributed by atoms with Crippen molar-refractivity contribution in [3.8, 4) is 0 Å². The van der Waals surface area contributed by atoms with E-state index in [1.165, 1.54) is 4.90 Å². The summed E-state index contributed by atoms with van der Waals surface area (Å²) in [6.45, 7) is 0.667. The minimum Gasteiger partial charge on any atom is -0.449 e. The number of hydrogen-bond acceptors (Lipinski definition) is 4. The number of alkyl halides is 3. The number of carbonyl (C=O) groups excluding carboxylic acids is 2. The zero-order chi connectivity index (χ0) is 17.0. The van der Waals surface area contributed by atoms with E-state index >= 15 is 0 Å². The van der Waals surface area contributed by atoms with Crippen molar-refractivity contribution in [2.24, 2.45) is 0 Å². The highest BCUT2D eigenvalue weighted by molar-refractivity contribution is 6.32. The van der Waals surface area contributed by atoms with Crippen molar-refractivity contribution in [2.75, 3.05) is 19.7 Å². The van der Waals surface area contributed by atoms with Crippen molar-refractivity contribution in [2.45, 2.75) is 25.2 Å². The Morgan fingerprint density at radius 1 is 1.30 bits per heavy atom. The van der Waals surface area contributed by atoms with Crippen LogP contribution in [0.3, 0.4) is 0 Å². The maximum absolute atomic E-state index is 12.2. The average Bonchev–Trinajstić information content (AvgIpc) is 2.52. The molecular formula is C15H17F3N2O3. The topological polar surface area (TPSA) is 58.6 Å². The maximum atomic E-state index is 12.2. The van der Waals surface area contributed by atoms with Crippen LogP contribution in [0, 0.1) is 0 Å². The van der Waals surface area contributed by atoms with Gasteiger partial charge in [-0.25, -0.2) is 4.79 Å². The third kappa shape index (κ3) is 4.69. The molecule has 5 nitrogen and oxygen atoms in total. The molecule has 2 atom stereocenters. The number of benzene rings is 1. The molecule has 1 aliphatic rings. The molecule has 1 aliphatic heterocycles. The van der Waals surface area contributed by atoms with Gasteiger partial charge in [0.05, 0.1) is 6.04 Å². The predicted octanol–water partition coefficient (Wildman–Crippen LogP) is 1.65. The number of ether oxygens (including phenoxy) is 1. The number of amides is 1.